The second-order valence-corrected chi connectivity index (χ2v) is 7.63. The molecule has 0 atom stereocenters. The summed E-state index contributed by atoms with van der Waals surface area (Å²) in [6, 6.07) is 9.59. The standard InChI is InChI=1S/C17H14N4O2S2/c1-9-10(2)25-16-13(9)14(22)18-12(19-16)8-24-17-21-20-15(23-17)11-6-4-3-5-7-11/h3-7H,8H2,1-2H3,(H,18,19,22). The van der Waals surface area contributed by atoms with Gasteiger partial charge in [-0.3, -0.25) is 4.79 Å². The van der Waals surface area contributed by atoms with E-state index in [2.05, 4.69) is 20.2 Å². The highest BCUT2D eigenvalue weighted by molar-refractivity contribution is 7.98. The summed E-state index contributed by atoms with van der Waals surface area (Å²) < 4.78 is 5.66. The molecule has 0 radical (unpaired) electrons. The molecule has 0 spiro atoms. The van der Waals surface area contributed by atoms with Gasteiger partial charge in [0.05, 0.1) is 11.1 Å². The van der Waals surface area contributed by atoms with Crippen molar-refractivity contribution in [2.45, 2.75) is 24.8 Å². The predicted octanol–water partition coefficient (Wildman–Crippen LogP) is 3.94. The first kappa shape index (κ1) is 16.0. The molecule has 6 nitrogen and oxygen atoms in total. The van der Waals surface area contributed by atoms with Crippen LogP contribution < -0.4 is 5.56 Å². The molecule has 0 aliphatic heterocycles. The summed E-state index contributed by atoms with van der Waals surface area (Å²) in [5.41, 5.74) is 1.77. The minimum atomic E-state index is -0.0991. The highest BCUT2D eigenvalue weighted by atomic mass is 32.2. The van der Waals surface area contributed by atoms with Crippen LogP contribution in [-0.2, 0) is 5.75 Å². The summed E-state index contributed by atoms with van der Waals surface area (Å²) in [6.07, 6.45) is 0. The van der Waals surface area contributed by atoms with Gasteiger partial charge in [0.15, 0.2) is 0 Å². The summed E-state index contributed by atoms with van der Waals surface area (Å²) in [5, 5.41) is 9.22. The zero-order valence-electron chi connectivity index (χ0n) is 13.6. The van der Waals surface area contributed by atoms with Gasteiger partial charge in [-0.1, -0.05) is 30.0 Å². The first-order valence-electron chi connectivity index (χ1n) is 7.62. The number of fused-ring (bicyclic) bond motifs is 1. The van der Waals surface area contributed by atoms with Crippen LogP contribution >= 0.6 is 23.1 Å². The predicted molar refractivity (Wildman–Crippen MR) is 99.0 cm³/mol. The second-order valence-electron chi connectivity index (χ2n) is 5.50. The lowest BCUT2D eigenvalue weighted by Gasteiger charge is -1.98. The lowest BCUT2D eigenvalue weighted by Crippen LogP contribution is -2.10. The van der Waals surface area contributed by atoms with Crippen LogP contribution in [0.4, 0.5) is 0 Å². The van der Waals surface area contributed by atoms with E-state index in [1.807, 2.05) is 44.2 Å². The van der Waals surface area contributed by atoms with E-state index >= 15 is 0 Å². The molecule has 1 N–H and O–H groups in total. The number of nitrogens with zero attached hydrogens (tertiary/aromatic N) is 3. The second kappa shape index (κ2) is 6.45. The molecule has 1 aromatic carbocycles. The molecule has 3 aromatic heterocycles. The van der Waals surface area contributed by atoms with Crippen molar-refractivity contribution < 1.29 is 4.42 Å². The maximum atomic E-state index is 12.3. The average molecular weight is 370 g/mol. The number of thiophene rings is 1. The van der Waals surface area contributed by atoms with Gasteiger partial charge in [0.1, 0.15) is 10.7 Å². The molecule has 126 valence electrons. The van der Waals surface area contributed by atoms with Gasteiger partial charge in [0, 0.05) is 10.4 Å². The van der Waals surface area contributed by atoms with Crippen LogP contribution in [0.25, 0.3) is 21.7 Å². The molecule has 0 aliphatic rings. The Balaban J connectivity index is 1.55. The van der Waals surface area contributed by atoms with Crippen molar-refractivity contribution in [1.29, 1.82) is 0 Å². The van der Waals surface area contributed by atoms with E-state index in [0.29, 0.717) is 28.1 Å². The number of nitrogens with one attached hydrogen (secondary N) is 1. The summed E-state index contributed by atoms with van der Waals surface area (Å²) in [4.78, 5) is 21.6. The number of benzene rings is 1. The number of H-pyrrole nitrogens is 1. The number of hydrogen-bond donors (Lipinski definition) is 1. The minimum absolute atomic E-state index is 0.0991. The van der Waals surface area contributed by atoms with Gasteiger partial charge in [0.2, 0.25) is 5.89 Å². The van der Waals surface area contributed by atoms with E-state index < -0.39 is 0 Å². The van der Waals surface area contributed by atoms with Crippen LogP contribution in [0.1, 0.15) is 16.3 Å². The number of aromatic amines is 1. The normalized spacial score (nSPS) is 11.3. The molecule has 0 saturated carbocycles. The maximum Gasteiger partial charge on any atom is 0.277 e. The number of aromatic nitrogens is 4. The molecule has 0 unspecified atom stereocenters. The molecule has 8 heteroatoms. The van der Waals surface area contributed by atoms with Crippen LogP contribution in [0, 0.1) is 13.8 Å². The van der Waals surface area contributed by atoms with E-state index in [1.165, 1.54) is 23.1 Å². The Labute approximate surface area is 151 Å². The Morgan fingerprint density at radius 2 is 2.00 bits per heavy atom. The SMILES string of the molecule is Cc1sc2nc(CSc3nnc(-c4ccccc4)o3)[nH]c(=O)c2c1C. The zero-order valence-corrected chi connectivity index (χ0v) is 15.2. The van der Waals surface area contributed by atoms with E-state index in [4.69, 9.17) is 4.42 Å². The van der Waals surface area contributed by atoms with E-state index in [0.717, 1.165) is 20.8 Å². The van der Waals surface area contributed by atoms with Gasteiger partial charge < -0.3 is 9.40 Å². The third kappa shape index (κ3) is 3.10. The number of thioether (sulfide) groups is 1. The van der Waals surface area contributed by atoms with E-state index in [1.54, 1.807) is 0 Å². The van der Waals surface area contributed by atoms with Crippen molar-refractivity contribution in [2.24, 2.45) is 0 Å². The molecular formula is C17H14N4O2S2. The topological polar surface area (TPSA) is 84.7 Å². The quantitative estimate of drug-likeness (QED) is 0.548. The molecule has 4 rings (SSSR count). The summed E-state index contributed by atoms with van der Waals surface area (Å²) in [7, 11) is 0. The number of rotatable bonds is 4. The Morgan fingerprint density at radius 3 is 2.80 bits per heavy atom. The van der Waals surface area contributed by atoms with Crippen molar-refractivity contribution in [3.8, 4) is 11.5 Å². The first-order chi connectivity index (χ1) is 12.1. The minimum Gasteiger partial charge on any atom is -0.411 e. The Bertz CT molecular complexity index is 1100. The van der Waals surface area contributed by atoms with Crippen molar-refractivity contribution >= 4 is 33.3 Å². The van der Waals surface area contributed by atoms with Crippen molar-refractivity contribution in [3.05, 3.63) is 57.0 Å². The van der Waals surface area contributed by atoms with E-state index in [-0.39, 0.29) is 5.56 Å². The van der Waals surface area contributed by atoms with Crippen LogP contribution in [0.2, 0.25) is 0 Å². The summed E-state index contributed by atoms with van der Waals surface area (Å²) in [6.45, 7) is 3.95. The van der Waals surface area contributed by atoms with Gasteiger partial charge in [0.25, 0.3) is 10.8 Å². The van der Waals surface area contributed by atoms with Gasteiger partial charge in [-0.2, -0.15) is 0 Å². The molecule has 4 aromatic rings. The largest absolute Gasteiger partial charge is 0.411 e. The van der Waals surface area contributed by atoms with E-state index in [9.17, 15) is 4.79 Å². The van der Waals surface area contributed by atoms with Crippen molar-refractivity contribution in [2.75, 3.05) is 0 Å². The van der Waals surface area contributed by atoms with Crippen molar-refractivity contribution in [3.63, 3.8) is 0 Å². The third-order valence-electron chi connectivity index (χ3n) is 3.85. The van der Waals surface area contributed by atoms with Gasteiger partial charge in [-0.25, -0.2) is 4.98 Å². The molecular weight excluding hydrogens is 356 g/mol. The number of aryl methyl sites for hydroxylation is 2. The molecule has 0 bridgehead atoms. The molecule has 3 heterocycles. The fourth-order valence-corrected chi connectivity index (χ4v) is 4.15. The van der Waals surface area contributed by atoms with Gasteiger partial charge >= 0.3 is 0 Å². The maximum absolute atomic E-state index is 12.3. The molecule has 25 heavy (non-hydrogen) atoms. The highest BCUT2D eigenvalue weighted by Gasteiger charge is 2.13. The average Bonchev–Trinajstić information content (AvgIpc) is 3.19. The van der Waals surface area contributed by atoms with Gasteiger partial charge in [-0.15, -0.1) is 21.5 Å². The third-order valence-corrected chi connectivity index (χ3v) is 5.78. The summed E-state index contributed by atoms with van der Waals surface area (Å²) in [5.74, 6) is 1.53. The van der Waals surface area contributed by atoms with Crippen LogP contribution in [0.3, 0.4) is 0 Å². The number of hydrogen-bond acceptors (Lipinski definition) is 7. The smallest absolute Gasteiger partial charge is 0.277 e. The lowest BCUT2D eigenvalue weighted by molar-refractivity contribution is 0.465. The Hall–Kier alpha value is -2.45. The molecule has 0 saturated heterocycles. The first-order valence-corrected chi connectivity index (χ1v) is 9.42. The lowest BCUT2D eigenvalue weighted by atomic mass is 10.2. The van der Waals surface area contributed by atoms with Crippen LogP contribution in [0.15, 0.2) is 44.8 Å². The summed E-state index contributed by atoms with van der Waals surface area (Å²) >= 11 is 2.89. The fourth-order valence-electron chi connectivity index (χ4n) is 2.46. The molecule has 0 aliphatic carbocycles. The molecule has 0 amide bonds. The fraction of sp³-hybridized carbons (Fsp3) is 0.176. The van der Waals surface area contributed by atoms with Crippen LogP contribution in [-0.4, -0.2) is 20.2 Å². The molecule has 0 fully saturated rings. The Kier molecular flexibility index (Phi) is 4.14. The van der Waals surface area contributed by atoms with Gasteiger partial charge in [-0.05, 0) is 31.5 Å². The highest BCUT2D eigenvalue weighted by Crippen LogP contribution is 2.28. The van der Waals surface area contributed by atoms with Crippen LogP contribution in [0.5, 0.6) is 0 Å². The monoisotopic (exact) mass is 370 g/mol. The zero-order chi connectivity index (χ0) is 17.4. The Morgan fingerprint density at radius 1 is 1.20 bits per heavy atom. The van der Waals surface area contributed by atoms with Crippen molar-refractivity contribution in [1.82, 2.24) is 20.2 Å².